The molecular formula is C9H18O3. The lowest BCUT2D eigenvalue weighted by Gasteiger charge is -2.12. The van der Waals surface area contributed by atoms with Crippen LogP contribution in [0.5, 0.6) is 0 Å². The van der Waals surface area contributed by atoms with Gasteiger partial charge < -0.3 is 14.2 Å². The first kappa shape index (κ1) is 11.6. The maximum absolute atomic E-state index is 5.19. The van der Waals surface area contributed by atoms with E-state index in [0.29, 0.717) is 6.61 Å². The van der Waals surface area contributed by atoms with Crippen molar-refractivity contribution in [1.82, 2.24) is 0 Å². The van der Waals surface area contributed by atoms with Crippen molar-refractivity contribution < 1.29 is 14.2 Å². The van der Waals surface area contributed by atoms with E-state index in [1.165, 1.54) is 0 Å². The highest BCUT2D eigenvalue weighted by atomic mass is 16.8. The molecule has 0 aromatic carbocycles. The van der Waals surface area contributed by atoms with Crippen molar-refractivity contribution in [1.29, 1.82) is 0 Å². The first-order valence-corrected chi connectivity index (χ1v) is 4.17. The summed E-state index contributed by atoms with van der Waals surface area (Å²) in [4.78, 5) is 0. The molecule has 72 valence electrons. The molecule has 0 N–H and O–H groups in total. The van der Waals surface area contributed by atoms with Gasteiger partial charge >= 0.3 is 0 Å². The predicted octanol–water partition coefficient (Wildman–Crippen LogP) is 1.94. The Morgan fingerprint density at radius 1 is 1.17 bits per heavy atom. The van der Waals surface area contributed by atoms with E-state index in [1.54, 1.807) is 14.2 Å². The first-order valence-electron chi connectivity index (χ1n) is 4.17. The molecule has 0 aliphatic carbocycles. The van der Waals surface area contributed by atoms with E-state index in [4.69, 9.17) is 14.2 Å². The Hall–Kier alpha value is -0.380. The van der Waals surface area contributed by atoms with Gasteiger partial charge in [0.2, 0.25) is 0 Å². The SMILES string of the molecule is CCC=CCCOC(OC)OC. The summed E-state index contributed by atoms with van der Waals surface area (Å²) in [7, 11) is 3.10. The zero-order valence-electron chi connectivity index (χ0n) is 8.08. The van der Waals surface area contributed by atoms with Crippen molar-refractivity contribution in [3.05, 3.63) is 12.2 Å². The second-order valence-electron chi connectivity index (χ2n) is 2.30. The van der Waals surface area contributed by atoms with Crippen molar-refractivity contribution >= 4 is 0 Å². The van der Waals surface area contributed by atoms with E-state index >= 15 is 0 Å². The molecule has 0 atom stereocenters. The van der Waals surface area contributed by atoms with Crippen LogP contribution in [0.3, 0.4) is 0 Å². The third kappa shape index (κ3) is 6.34. The van der Waals surface area contributed by atoms with Gasteiger partial charge in [0.15, 0.2) is 0 Å². The van der Waals surface area contributed by atoms with Crippen molar-refractivity contribution in [3.8, 4) is 0 Å². The quantitative estimate of drug-likeness (QED) is 0.335. The van der Waals surface area contributed by atoms with Crippen LogP contribution in [0.15, 0.2) is 12.2 Å². The molecule has 0 saturated carbocycles. The minimum Gasteiger partial charge on any atom is -0.333 e. The lowest BCUT2D eigenvalue weighted by atomic mass is 10.3. The summed E-state index contributed by atoms with van der Waals surface area (Å²) in [5.74, 6) is 0. The summed E-state index contributed by atoms with van der Waals surface area (Å²) in [5, 5.41) is 0. The standard InChI is InChI=1S/C9H18O3/c1-4-5-6-7-8-12-9(10-2)11-3/h5-6,9H,4,7-8H2,1-3H3. The average molecular weight is 174 g/mol. The Kier molecular flexibility index (Phi) is 8.44. The van der Waals surface area contributed by atoms with E-state index in [0.717, 1.165) is 12.8 Å². The molecule has 0 amide bonds. The van der Waals surface area contributed by atoms with Gasteiger partial charge in [-0.25, -0.2) is 0 Å². The Morgan fingerprint density at radius 2 is 1.83 bits per heavy atom. The number of allylic oxidation sites excluding steroid dienone is 1. The zero-order valence-corrected chi connectivity index (χ0v) is 8.08. The molecule has 0 radical (unpaired) electrons. The topological polar surface area (TPSA) is 27.7 Å². The van der Waals surface area contributed by atoms with E-state index < -0.39 is 6.48 Å². The monoisotopic (exact) mass is 174 g/mol. The van der Waals surface area contributed by atoms with Gasteiger partial charge in [0.05, 0.1) is 6.61 Å². The van der Waals surface area contributed by atoms with Crippen LogP contribution in [0, 0.1) is 0 Å². The van der Waals surface area contributed by atoms with Crippen LogP contribution in [0.2, 0.25) is 0 Å². The summed E-state index contributed by atoms with van der Waals surface area (Å²) in [6, 6.07) is 0. The predicted molar refractivity (Wildman–Crippen MR) is 47.8 cm³/mol. The maximum atomic E-state index is 5.19. The number of methoxy groups -OCH3 is 2. The van der Waals surface area contributed by atoms with Gasteiger partial charge in [-0.2, -0.15) is 0 Å². The molecule has 0 unspecified atom stereocenters. The molecular weight excluding hydrogens is 156 g/mol. The van der Waals surface area contributed by atoms with Crippen LogP contribution in [-0.4, -0.2) is 27.3 Å². The second kappa shape index (κ2) is 8.71. The number of ether oxygens (including phenoxy) is 3. The van der Waals surface area contributed by atoms with E-state index in [-0.39, 0.29) is 0 Å². The van der Waals surface area contributed by atoms with Crippen LogP contribution in [0.1, 0.15) is 19.8 Å². The molecule has 0 rings (SSSR count). The van der Waals surface area contributed by atoms with Crippen molar-refractivity contribution in [2.24, 2.45) is 0 Å². The molecule has 0 fully saturated rings. The van der Waals surface area contributed by atoms with Crippen LogP contribution in [0.25, 0.3) is 0 Å². The fraction of sp³-hybridized carbons (Fsp3) is 0.778. The summed E-state index contributed by atoms with van der Waals surface area (Å²) in [5.41, 5.74) is 0. The normalized spacial score (nSPS) is 11.7. The molecule has 0 aromatic heterocycles. The molecule has 0 bridgehead atoms. The van der Waals surface area contributed by atoms with Gasteiger partial charge in [-0.1, -0.05) is 19.1 Å². The molecule has 0 saturated heterocycles. The highest BCUT2D eigenvalue weighted by Gasteiger charge is 2.01. The van der Waals surface area contributed by atoms with Crippen LogP contribution < -0.4 is 0 Å². The minimum atomic E-state index is -0.528. The molecule has 12 heavy (non-hydrogen) atoms. The number of rotatable bonds is 7. The van der Waals surface area contributed by atoms with Crippen LogP contribution in [0.4, 0.5) is 0 Å². The van der Waals surface area contributed by atoms with Gasteiger partial charge in [0.25, 0.3) is 6.48 Å². The molecule has 3 nitrogen and oxygen atoms in total. The van der Waals surface area contributed by atoms with Crippen molar-refractivity contribution in [2.45, 2.75) is 26.2 Å². The molecule has 0 aliphatic heterocycles. The van der Waals surface area contributed by atoms with Crippen LogP contribution >= 0.6 is 0 Å². The Bertz CT molecular complexity index is 108. The van der Waals surface area contributed by atoms with Gasteiger partial charge in [0, 0.05) is 14.2 Å². The van der Waals surface area contributed by atoms with E-state index in [9.17, 15) is 0 Å². The smallest absolute Gasteiger partial charge is 0.271 e. The van der Waals surface area contributed by atoms with Gasteiger partial charge in [0.1, 0.15) is 0 Å². The van der Waals surface area contributed by atoms with Crippen molar-refractivity contribution in [2.75, 3.05) is 20.8 Å². The molecule has 0 heterocycles. The van der Waals surface area contributed by atoms with Gasteiger partial charge in [-0.15, -0.1) is 0 Å². The Morgan fingerprint density at radius 3 is 2.33 bits per heavy atom. The third-order valence-electron chi connectivity index (χ3n) is 1.33. The highest BCUT2D eigenvalue weighted by Crippen LogP contribution is 1.95. The lowest BCUT2D eigenvalue weighted by molar-refractivity contribution is -0.264. The fourth-order valence-corrected chi connectivity index (χ4v) is 0.749. The highest BCUT2D eigenvalue weighted by molar-refractivity contribution is 4.79. The molecule has 0 aliphatic rings. The van der Waals surface area contributed by atoms with Crippen LogP contribution in [-0.2, 0) is 14.2 Å². The van der Waals surface area contributed by atoms with E-state index in [1.807, 2.05) is 0 Å². The summed E-state index contributed by atoms with van der Waals surface area (Å²) >= 11 is 0. The zero-order chi connectivity index (χ0) is 9.23. The van der Waals surface area contributed by atoms with Gasteiger partial charge in [-0.3, -0.25) is 0 Å². The fourth-order valence-electron chi connectivity index (χ4n) is 0.749. The van der Waals surface area contributed by atoms with Crippen molar-refractivity contribution in [3.63, 3.8) is 0 Å². The van der Waals surface area contributed by atoms with E-state index in [2.05, 4.69) is 19.1 Å². The first-order chi connectivity index (χ1) is 5.85. The molecule has 0 spiro atoms. The summed E-state index contributed by atoms with van der Waals surface area (Å²) in [6.07, 6.45) is 6.16. The Labute approximate surface area is 74.3 Å². The number of hydrogen-bond donors (Lipinski definition) is 0. The third-order valence-corrected chi connectivity index (χ3v) is 1.33. The molecule has 0 aromatic rings. The van der Waals surface area contributed by atoms with Gasteiger partial charge in [-0.05, 0) is 12.8 Å². The summed E-state index contributed by atoms with van der Waals surface area (Å²) < 4.78 is 14.9. The summed E-state index contributed by atoms with van der Waals surface area (Å²) in [6.45, 7) is 2.20. The largest absolute Gasteiger partial charge is 0.333 e. The number of hydrogen-bond acceptors (Lipinski definition) is 3. The minimum absolute atomic E-state index is 0.528. The lowest BCUT2D eigenvalue weighted by Crippen LogP contribution is -2.17. The molecule has 3 heteroatoms. The average Bonchev–Trinajstić information content (AvgIpc) is 2.11. The Balaban J connectivity index is 3.23. The second-order valence-corrected chi connectivity index (χ2v) is 2.30. The maximum Gasteiger partial charge on any atom is 0.271 e.